The van der Waals surface area contributed by atoms with E-state index in [1.807, 2.05) is 60.4 Å². The SMILES string of the molecule is C[C@H](NC(=O)N1CCN(c2ncnc3c2C=C(c2ccc(C#N)cc2)C3)C[C@H]1C)c1cccc(Cl)c1. The molecule has 0 saturated carbocycles. The second kappa shape index (κ2) is 10.00. The molecule has 1 N–H and O–H groups in total. The molecule has 3 aromatic rings. The Bertz CT molecular complexity index is 1360. The molecule has 0 unspecified atom stereocenters. The summed E-state index contributed by atoms with van der Waals surface area (Å²) in [6.07, 6.45) is 4.51. The van der Waals surface area contributed by atoms with Gasteiger partial charge < -0.3 is 15.1 Å². The van der Waals surface area contributed by atoms with Crippen LogP contribution in [0.2, 0.25) is 5.02 Å². The highest BCUT2D eigenvalue weighted by Gasteiger charge is 2.31. The predicted octanol–water partition coefficient (Wildman–Crippen LogP) is 5.08. The average Bonchev–Trinajstić information content (AvgIpc) is 3.33. The Hall–Kier alpha value is -3.89. The van der Waals surface area contributed by atoms with Crippen molar-refractivity contribution in [2.45, 2.75) is 32.4 Å². The molecule has 2 atom stereocenters. The van der Waals surface area contributed by atoms with Crippen LogP contribution in [-0.4, -0.2) is 46.6 Å². The number of urea groups is 1. The van der Waals surface area contributed by atoms with E-state index in [0.29, 0.717) is 30.2 Å². The molecule has 1 aromatic heterocycles. The lowest BCUT2D eigenvalue weighted by Crippen LogP contribution is -2.57. The lowest BCUT2D eigenvalue weighted by Gasteiger charge is -2.41. The van der Waals surface area contributed by atoms with Crippen molar-refractivity contribution in [3.8, 4) is 6.07 Å². The summed E-state index contributed by atoms with van der Waals surface area (Å²) >= 11 is 6.11. The quantitative estimate of drug-likeness (QED) is 0.542. The summed E-state index contributed by atoms with van der Waals surface area (Å²) < 4.78 is 0. The molecule has 0 bridgehead atoms. The first-order valence-corrected chi connectivity index (χ1v) is 12.4. The van der Waals surface area contributed by atoms with E-state index in [-0.39, 0.29) is 18.1 Å². The number of benzene rings is 2. The summed E-state index contributed by atoms with van der Waals surface area (Å²) in [6, 6.07) is 17.2. The van der Waals surface area contributed by atoms with Gasteiger partial charge in [0, 0.05) is 42.7 Å². The van der Waals surface area contributed by atoms with Gasteiger partial charge in [0.05, 0.1) is 23.4 Å². The maximum atomic E-state index is 13.1. The van der Waals surface area contributed by atoms with Gasteiger partial charge in [0.2, 0.25) is 0 Å². The maximum Gasteiger partial charge on any atom is 0.318 e. The van der Waals surface area contributed by atoms with Gasteiger partial charge in [-0.2, -0.15) is 5.26 Å². The summed E-state index contributed by atoms with van der Waals surface area (Å²) in [5.41, 5.74) is 5.91. The number of hydrogen-bond donors (Lipinski definition) is 1. The number of nitrogens with zero attached hydrogens (tertiary/aromatic N) is 5. The standard InChI is InChI=1S/C28H27ClN6O/c1-18-16-34(10-11-35(18)28(36)33-19(2)22-4-3-5-24(29)12-22)27-25-13-23(14-26(25)31-17-32-27)21-8-6-20(15-30)7-9-21/h3-9,12-13,17-19H,10-11,14,16H2,1-2H3,(H,33,36)/t18-,19+/m1/s1. The zero-order chi connectivity index (χ0) is 25.2. The Morgan fingerprint density at radius 1 is 1.19 bits per heavy atom. The van der Waals surface area contributed by atoms with E-state index in [9.17, 15) is 4.79 Å². The van der Waals surface area contributed by atoms with Gasteiger partial charge >= 0.3 is 6.03 Å². The van der Waals surface area contributed by atoms with E-state index < -0.39 is 0 Å². The second-order valence-corrected chi connectivity index (χ2v) is 9.74. The summed E-state index contributed by atoms with van der Waals surface area (Å²) in [6.45, 7) is 6.00. The molecule has 1 aliphatic heterocycles. The maximum absolute atomic E-state index is 13.1. The Labute approximate surface area is 216 Å². The second-order valence-electron chi connectivity index (χ2n) is 9.31. The number of nitriles is 1. The van der Waals surface area contributed by atoms with E-state index in [1.165, 1.54) is 0 Å². The van der Waals surface area contributed by atoms with Crippen molar-refractivity contribution in [1.82, 2.24) is 20.2 Å². The van der Waals surface area contributed by atoms with Crippen molar-refractivity contribution >= 4 is 35.1 Å². The van der Waals surface area contributed by atoms with E-state index in [2.05, 4.69) is 39.3 Å². The number of allylic oxidation sites excluding steroid dienone is 1. The predicted molar refractivity (Wildman–Crippen MR) is 142 cm³/mol. The van der Waals surface area contributed by atoms with Crippen LogP contribution in [0.25, 0.3) is 11.6 Å². The molecule has 8 heteroatoms. The molecule has 36 heavy (non-hydrogen) atoms. The molecule has 2 amide bonds. The first-order valence-electron chi connectivity index (χ1n) is 12.1. The summed E-state index contributed by atoms with van der Waals surface area (Å²) in [5.74, 6) is 0.905. The van der Waals surface area contributed by atoms with Gasteiger partial charge in [-0.1, -0.05) is 35.9 Å². The highest BCUT2D eigenvalue weighted by Crippen LogP contribution is 2.35. The van der Waals surface area contributed by atoms with Crippen LogP contribution >= 0.6 is 11.6 Å². The van der Waals surface area contributed by atoms with Gasteiger partial charge in [-0.15, -0.1) is 0 Å². The zero-order valence-corrected chi connectivity index (χ0v) is 21.0. The fraction of sp³-hybridized carbons (Fsp3) is 0.286. The van der Waals surface area contributed by atoms with Crippen LogP contribution in [0.5, 0.6) is 0 Å². The third-order valence-electron chi connectivity index (χ3n) is 6.88. The third-order valence-corrected chi connectivity index (χ3v) is 7.12. The molecule has 2 aromatic carbocycles. The molecule has 182 valence electrons. The van der Waals surface area contributed by atoms with Crippen LogP contribution in [-0.2, 0) is 6.42 Å². The number of fused-ring (bicyclic) bond motifs is 1. The number of carbonyl (C=O) groups excluding carboxylic acids is 1. The lowest BCUT2D eigenvalue weighted by molar-refractivity contribution is 0.168. The molecule has 0 radical (unpaired) electrons. The number of aromatic nitrogens is 2. The molecule has 2 heterocycles. The normalized spacial score (nSPS) is 17.7. The van der Waals surface area contributed by atoms with Gasteiger partial charge in [0.25, 0.3) is 0 Å². The van der Waals surface area contributed by atoms with Crippen molar-refractivity contribution < 1.29 is 4.79 Å². The molecular weight excluding hydrogens is 472 g/mol. The number of nitrogens with one attached hydrogen (secondary N) is 1. The Morgan fingerprint density at radius 2 is 2.00 bits per heavy atom. The van der Waals surface area contributed by atoms with Crippen LogP contribution in [0.4, 0.5) is 10.6 Å². The van der Waals surface area contributed by atoms with Gasteiger partial charge in [0.15, 0.2) is 0 Å². The van der Waals surface area contributed by atoms with Gasteiger partial charge in [-0.25, -0.2) is 14.8 Å². The fourth-order valence-electron chi connectivity index (χ4n) is 4.89. The largest absolute Gasteiger partial charge is 0.352 e. The van der Waals surface area contributed by atoms with Crippen LogP contribution < -0.4 is 10.2 Å². The minimum Gasteiger partial charge on any atom is -0.352 e. The highest BCUT2D eigenvalue weighted by atomic mass is 35.5. The smallest absolute Gasteiger partial charge is 0.318 e. The van der Waals surface area contributed by atoms with Crippen molar-refractivity contribution in [2.24, 2.45) is 0 Å². The zero-order valence-electron chi connectivity index (χ0n) is 20.3. The molecule has 0 spiro atoms. The van der Waals surface area contributed by atoms with Crippen molar-refractivity contribution in [3.63, 3.8) is 0 Å². The van der Waals surface area contributed by atoms with Crippen molar-refractivity contribution in [1.29, 1.82) is 5.26 Å². The molecule has 5 rings (SSSR count). The van der Waals surface area contributed by atoms with Crippen LogP contribution in [0.15, 0.2) is 54.9 Å². The lowest BCUT2D eigenvalue weighted by atomic mass is 10.0. The number of piperazine rings is 1. The van der Waals surface area contributed by atoms with Crippen molar-refractivity contribution in [3.05, 3.63) is 87.8 Å². The first kappa shape index (κ1) is 23.8. The van der Waals surface area contributed by atoms with E-state index in [1.54, 1.807) is 6.33 Å². The summed E-state index contributed by atoms with van der Waals surface area (Å²) in [7, 11) is 0. The van der Waals surface area contributed by atoms with Crippen LogP contribution in [0, 0.1) is 11.3 Å². The molecular formula is C28H27ClN6O. The average molecular weight is 499 g/mol. The Morgan fingerprint density at radius 3 is 2.72 bits per heavy atom. The van der Waals surface area contributed by atoms with E-state index >= 15 is 0 Å². The van der Waals surface area contributed by atoms with Gasteiger partial charge in [-0.3, -0.25) is 0 Å². The molecule has 1 aliphatic carbocycles. The van der Waals surface area contributed by atoms with E-state index in [4.69, 9.17) is 16.9 Å². The van der Waals surface area contributed by atoms with Crippen molar-refractivity contribution in [2.75, 3.05) is 24.5 Å². The van der Waals surface area contributed by atoms with E-state index in [0.717, 1.165) is 40.2 Å². The van der Waals surface area contributed by atoms with Crippen LogP contribution in [0.1, 0.15) is 47.8 Å². The first-order chi connectivity index (χ1) is 17.4. The topological polar surface area (TPSA) is 85.2 Å². The monoisotopic (exact) mass is 498 g/mol. The molecule has 1 saturated heterocycles. The minimum absolute atomic E-state index is 0.0132. The summed E-state index contributed by atoms with van der Waals surface area (Å²) in [5, 5.41) is 12.8. The Kier molecular flexibility index (Phi) is 6.62. The fourth-order valence-corrected chi connectivity index (χ4v) is 5.09. The minimum atomic E-state index is -0.141. The number of anilines is 1. The summed E-state index contributed by atoms with van der Waals surface area (Å²) in [4.78, 5) is 26.3. The molecule has 1 fully saturated rings. The number of rotatable bonds is 4. The Balaban J connectivity index is 1.28. The molecule has 7 nitrogen and oxygen atoms in total. The third kappa shape index (κ3) is 4.77. The number of amides is 2. The van der Waals surface area contributed by atoms with Gasteiger partial charge in [-0.05, 0) is 60.9 Å². The number of halogens is 1. The molecule has 2 aliphatic rings. The number of carbonyl (C=O) groups is 1. The highest BCUT2D eigenvalue weighted by molar-refractivity contribution is 6.30. The van der Waals surface area contributed by atoms with Gasteiger partial charge in [0.1, 0.15) is 12.1 Å². The van der Waals surface area contributed by atoms with Crippen LogP contribution in [0.3, 0.4) is 0 Å². The number of hydrogen-bond acceptors (Lipinski definition) is 5.